The van der Waals surface area contributed by atoms with Crippen molar-refractivity contribution in [3.63, 3.8) is 0 Å². The highest BCUT2D eigenvalue weighted by atomic mass is 32.1. The molecule has 8 aromatic carbocycles. The lowest BCUT2D eigenvalue weighted by molar-refractivity contribution is 1.06. The third-order valence-corrected chi connectivity index (χ3v) is 13.3. The molecule has 0 aliphatic heterocycles. The Hall–Kier alpha value is -9.05. The van der Waals surface area contributed by atoms with Gasteiger partial charge in [0.15, 0.2) is 17.5 Å². The second-order valence-electron chi connectivity index (χ2n) is 16.2. The van der Waals surface area contributed by atoms with Crippen molar-refractivity contribution in [3.8, 4) is 84.4 Å². The summed E-state index contributed by atoms with van der Waals surface area (Å²) in [7, 11) is 0. The lowest BCUT2D eigenvalue weighted by atomic mass is 9.98. The van der Waals surface area contributed by atoms with E-state index in [-0.39, 0.29) is 57.8 Å². The van der Waals surface area contributed by atoms with Crippen LogP contribution >= 0.6 is 11.3 Å². The summed E-state index contributed by atoms with van der Waals surface area (Å²) in [5.74, 6) is 0.879. The highest BCUT2D eigenvalue weighted by Gasteiger charge is 2.21. The first kappa shape index (κ1) is 32.6. The molecule has 0 bridgehead atoms. The van der Waals surface area contributed by atoms with Gasteiger partial charge in [-0.3, -0.25) is 0 Å². The van der Waals surface area contributed by atoms with E-state index in [2.05, 4.69) is 92.7 Å². The summed E-state index contributed by atoms with van der Waals surface area (Å²) < 4.78 is 66.6. The number of nitrogens with zero attached hydrogens (tertiary/aromatic N) is 8. The predicted molar refractivity (Wildman–Crippen MR) is 276 cm³/mol. The van der Waals surface area contributed by atoms with Crippen LogP contribution in [-0.4, -0.2) is 39.5 Å². The maximum Gasteiger partial charge on any atom is 0.166 e. The Morgan fingerprint density at radius 1 is 0.382 bits per heavy atom. The normalized spacial score (nSPS) is 13.0. The topological polar surface area (TPSA) is 95.2 Å². The third-order valence-electron chi connectivity index (χ3n) is 12.1. The van der Waals surface area contributed by atoms with Crippen LogP contribution in [0, 0.1) is 0 Å². The smallest absolute Gasteiger partial charge is 0.166 e. The molecular weight excluding hydrogens is 853 g/mol. The first-order valence-electron chi connectivity index (χ1n) is 25.2. The highest BCUT2D eigenvalue weighted by molar-refractivity contribution is 7.26. The zero-order valence-corrected chi connectivity index (χ0v) is 36.5. The molecular formula is C59H36N8S. The summed E-state index contributed by atoms with van der Waals surface area (Å²) >= 11 is 1.75. The zero-order chi connectivity index (χ0) is 51.1. The van der Waals surface area contributed by atoms with Crippen LogP contribution in [0.5, 0.6) is 0 Å². The Bertz CT molecular complexity index is 4400. The van der Waals surface area contributed by atoms with Gasteiger partial charge in [0.05, 0.1) is 26.3 Å². The van der Waals surface area contributed by atoms with Gasteiger partial charge < -0.3 is 4.57 Å². The van der Waals surface area contributed by atoms with Crippen LogP contribution in [0.2, 0.25) is 0 Å². The van der Waals surface area contributed by atoms with E-state index in [4.69, 9.17) is 21.8 Å². The number of para-hydroxylation sites is 3. The lowest BCUT2D eigenvalue weighted by Gasteiger charge is -2.15. The molecule has 0 unspecified atom stereocenters. The highest BCUT2D eigenvalue weighted by Crippen LogP contribution is 2.43. The second-order valence-corrected chi connectivity index (χ2v) is 17.2. The van der Waals surface area contributed by atoms with Gasteiger partial charge in [0, 0.05) is 83.5 Å². The monoisotopic (exact) mass is 895 g/mol. The molecule has 5 aromatic heterocycles. The van der Waals surface area contributed by atoms with Crippen molar-refractivity contribution >= 4 is 53.3 Å². The van der Waals surface area contributed by atoms with Crippen LogP contribution in [-0.2, 0) is 0 Å². The second kappa shape index (κ2) is 16.4. The fourth-order valence-corrected chi connectivity index (χ4v) is 10.2. The number of hydrogen-bond donors (Lipinski definition) is 0. The molecule has 0 spiro atoms. The van der Waals surface area contributed by atoms with Gasteiger partial charge in [-0.1, -0.05) is 121 Å². The van der Waals surface area contributed by atoms with Gasteiger partial charge in [-0.2, -0.15) is 0 Å². The molecule has 0 N–H and O–H groups in total. The average molecular weight is 896 g/mol. The van der Waals surface area contributed by atoms with Crippen molar-refractivity contribution in [2.45, 2.75) is 0 Å². The van der Waals surface area contributed by atoms with Crippen molar-refractivity contribution in [2.24, 2.45) is 0 Å². The van der Waals surface area contributed by atoms with Crippen LogP contribution in [0.15, 0.2) is 219 Å². The molecule has 0 radical (unpaired) electrons. The quantitative estimate of drug-likeness (QED) is 0.150. The molecule has 0 aliphatic rings. The zero-order valence-electron chi connectivity index (χ0n) is 42.7. The van der Waals surface area contributed by atoms with E-state index >= 15 is 0 Å². The molecule has 0 atom stereocenters. The minimum Gasteiger partial charge on any atom is -0.309 e. The van der Waals surface area contributed by atoms with Crippen LogP contribution in [0.25, 0.3) is 126 Å². The molecule has 13 rings (SSSR count). The van der Waals surface area contributed by atoms with E-state index < -0.39 is 12.1 Å². The minimum absolute atomic E-state index is 0.0386. The van der Waals surface area contributed by atoms with E-state index in [0.717, 1.165) is 54.6 Å². The van der Waals surface area contributed by atoms with E-state index in [1.165, 1.54) is 28.8 Å². The molecule has 0 saturated heterocycles. The Morgan fingerprint density at radius 2 is 0.985 bits per heavy atom. The van der Waals surface area contributed by atoms with Crippen molar-refractivity contribution in [2.75, 3.05) is 0 Å². The molecule has 8 nitrogen and oxygen atoms in total. The van der Waals surface area contributed by atoms with Gasteiger partial charge in [0.25, 0.3) is 0 Å². The fraction of sp³-hybridized carbons (Fsp3) is 0. The van der Waals surface area contributed by atoms with Crippen LogP contribution in [0.4, 0.5) is 0 Å². The lowest BCUT2D eigenvalue weighted by Crippen LogP contribution is -2.04. The summed E-state index contributed by atoms with van der Waals surface area (Å²) in [4.78, 5) is 33.0. The van der Waals surface area contributed by atoms with Crippen LogP contribution in [0.1, 0.15) is 9.60 Å². The molecule has 9 heteroatoms. The van der Waals surface area contributed by atoms with E-state index in [1.807, 2.05) is 48.5 Å². The minimum atomic E-state index is -0.485. The van der Waals surface area contributed by atoms with Gasteiger partial charge in [0.1, 0.15) is 12.7 Å². The molecule has 68 heavy (non-hydrogen) atoms. The van der Waals surface area contributed by atoms with E-state index in [0.29, 0.717) is 34.0 Å². The largest absolute Gasteiger partial charge is 0.309 e. The summed E-state index contributed by atoms with van der Waals surface area (Å²) in [6, 6.07) is 43.6. The Balaban J connectivity index is 1.05. The van der Waals surface area contributed by atoms with Crippen molar-refractivity contribution in [3.05, 3.63) is 219 Å². The molecule has 318 valence electrons. The molecule has 0 aliphatic carbocycles. The number of thiophene rings is 1. The Morgan fingerprint density at radius 3 is 1.78 bits per heavy atom. The maximum atomic E-state index is 9.27. The Kier molecular flexibility index (Phi) is 7.87. The average Bonchev–Trinajstić information content (AvgIpc) is 4.17. The van der Waals surface area contributed by atoms with Crippen LogP contribution in [0.3, 0.4) is 0 Å². The molecule has 0 saturated carbocycles. The summed E-state index contributed by atoms with van der Waals surface area (Å²) in [5, 5.41) is 2.45. The van der Waals surface area contributed by atoms with Gasteiger partial charge in [-0.15, -0.1) is 11.3 Å². The first-order valence-corrected chi connectivity index (χ1v) is 22.6. The SMILES string of the molecule is [2H]c1cc([2H])c2c(c1[2H])c1c([2H])c([2H])c([2H])c([2H])c1n2-c1ccccc1-c1nc(-c2cc(-c3cncnc3)cc(-c3cncnc3)c2)nc(-c2cccc(-c3cccc4c3sc3ccc(-c5ccccc5)cc34)c2)n1. The number of aromatic nitrogens is 8. The van der Waals surface area contributed by atoms with Gasteiger partial charge >= 0.3 is 0 Å². The number of benzene rings is 8. The number of fused-ring (bicyclic) bond motifs is 6. The molecule has 0 fully saturated rings. The summed E-state index contributed by atoms with van der Waals surface area (Å²) in [5.41, 5.74) is 9.74. The standard InChI is InChI=1S/C59H36N8S/c1-2-12-37(13-3-1)38-24-25-55-51(30-38)49-20-11-19-46(56(49)68-55)39-14-10-15-40(26-39)57-64-58(43-28-41(44-31-60-35-61-32-44)27-42(29-43)45-33-62-36-63-34-45)66-59(65-57)50-18-6-9-23-54(50)67-52-21-7-4-16-47(52)48-17-5-8-22-53(48)67/h1-36H/i4D,5D,7D,16D,17D,21D,22D. The van der Waals surface area contributed by atoms with Crippen molar-refractivity contribution in [1.29, 1.82) is 0 Å². The predicted octanol–water partition coefficient (Wildman–Crippen LogP) is 14.6. The molecule has 13 aromatic rings. The summed E-state index contributed by atoms with van der Waals surface area (Å²) in [6.07, 6.45) is 9.87. The van der Waals surface area contributed by atoms with Crippen molar-refractivity contribution < 1.29 is 9.60 Å². The summed E-state index contributed by atoms with van der Waals surface area (Å²) in [6.45, 7) is 0. The van der Waals surface area contributed by atoms with Crippen LogP contribution < -0.4 is 0 Å². The van der Waals surface area contributed by atoms with E-state index in [1.54, 1.807) is 52.8 Å². The fourth-order valence-electron chi connectivity index (χ4n) is 8.97. The van der Waals surface area contributed by atoms with Gasteiger partial charge in [-0.05, 0) is 94.0 Å². The van der Waals surface area contributed by atoms with Gasteiger partial charge in [0.2, 0.25) is 0 Å². The Labute approximate surface area is 404 Å². The van der Waals surface area contributed by atoms with E-state index in [9.17, 15) is 2.74 Å². The maximum absolute atomic E-state index is 9.27. The molecule has 0 amide bonds. The number of hydrogen-bond acceptors (Lipinski definition) is 8. The van der Waals surface area contributed by atoms with Crippen molar-refractivity contribution in [1.82, 2.24) is 39.5 Å². The third kappa shape index (κ3) is 6.88. The molecule has 5 heterocycles. The first-order chi connectivity index (χ1) is 36.6. The van der Waals surface area contributed by atoms with Gasteiger partial charge in [-0.25, -0.2) is 34.9 Å². The number of rotatable bonds is 8.